The van der Waals surface area contributed by atoms with Crippen LogP contribution in [0.25, 0.3) is 0 Å². The van der Waals surface area contributed by atoms with Crippen LogP contribution in [0.2, 0.25) is 0 Å². The molecule has 0 heterocycles. The van der Waals surface area contributed by atoms with Gasteiger partial charge >= 0.3 is 0 Å². The van der Waals surface area contributed by atoms with Crippen LogP contribution < -0.4 is 0 Å². The molecular weight excluding hydrogens is 425 g/mol. The summed E-state index contributed by atoms with van der Waals surface area (Å²) in [7, 11) is 3.13. The van der Waals surface area contributed by atoms with E-state index >= 15 is 4.39 Å². The molecule has 3 rings (SSSR count). The second-order valence-electron chi connectivity index (χ2n) is 9.24. The van der Waals surface area contributed by atoms with Crippen LogP contribution in [-0.2, 0) is 9.47 Å². The van der Waals surface area contributed by atoms with Crippen LogP contribution in [0.1, 0.15) is 74.3 Å². The maximum absolute atomic E-state index is 15.0. The Morgan fingerprint density at radius 3 is 1.88 bits per heavy atom. The van der Waals surface area contributed by atoms with Crippen LogP contribution in [0, 0.1) is 17.6 Å². The number of methoxy groups -OCH3 is 2. The summed E-state index contributed by atoms with van der Waals surface area (Å²) >= 11 is 0. The van der Waals surface area contributed by atoms with Crippen molar-refractivity contribution in [1.29, 1.82) is 0 Å². The van der Waals surface area contributed by atoms with Crippen molar-refractivity contribution < 1.29 is 22.6 Å². The van der Waals surface area contributed by atoms with E-state index in [-0.39, 0.29) is 35.2 Å². The zero-order valence-electron chi connectivity index (χ0n) is 19.7. The van der Waals surface area contributed by atoms with E-state index in [0.29, 0.717) is 11.1 Å². The van der Waals surface area contributed by atoms with Gasteiger partial charge in [-0.2, -0.15) is 0 Å². The normalized spacial score (nSPS) is 26.4. The lowest BCUT2D eigenvalue weighted by molar-refractivity contribution is 0.0655. The first-order chi connectivity index (χ1) is 15.8. The Kier molecular flexibility index (Phi) is 9.02. The summed E-state index contributed by atoms with van der Waals surface area (Å²) < 4.78 is 54.3. The standard InChI is InChI=1S/C28H35F3O2/c1-18(26(29)17-19(2)32-3)5-6-20-7-9-21(10-8-20)24-15-16-25(28(31)27(24)30)22-11-13-23(33-4)14-12-22/h5-6,15-17,20-23H,1-2,7-14H2,3-4H3/b6-5+,26-17+. The van der Waals surface area contributed by atoms with E-state index in [2.05, 4.69) is 13.2 Å². The van der Waals surface area contributed by atoms with Crippen molar-refractivity contribution in [3.8, 4) is 0 Å². The number of halogens is 3. The third-order valence-corrected chi connectivity index (χ3v) is 7.23. The quantitative estimate of drug-likeness (QED) is 0.289. The average Bonchev–Trinajstić information content (AvgIpc) is 2.84. The van der Waals surface area contributed by atoms with Crippen LogP contribution in [0.15, 0.2) is 60.7 Å². The number of hydrogen-bond donors (Lipinski definition) is 0. The molecule has 5 heteroatoms. The highest BCUT2D eigenvalue weighted by atomic mass is 19.2. The van der Waals surface area contributed by atoms with Gasteiger partial charge in [0.15, 0.2) is 11.6 Å². The van der Waals surface area contributed by atoms with Gasteiger partial charge in [0, 0.05) is 18.8 Å². The Balaban J connectivity index is 1.58. The minimum absolute atomic E-state index is 0.00675. The molecule has 0 spiro atoms. The fourth-order valence-corrected chi connectivity index (χ4v) is 5.07. The molecule has 2 fully saturated rings. The zero-order valence-corrected chi connectivity index (χ0v) is 19.7. The summed E-state index contributed by atoms with van der Waals surface area (Å²) in [5.41, 5.74) is 1.26. The molecule has 33 heavy (non-hydrogen) atoms. The molecule has 0 saturated heterocycles. The van der Waals surface area contributed by atoms with Crippen LogP contribution in [0.3, 0.4) is 0 Å². The van der Waals surface area contributed by atoms with Gasteiger partial charge in [0.05, 0.1) is 13.2 Å². The predicted molar refractivity (Wildman–Crippen MR) is 127 cm³/mol. The Morgan fingerprint density at radius 2 is 1.39 bits per heavy atom. The summed E-state index contributed by atoms with van der Waals surface area (Å²) in [6, 6.07) is 3.59. The van der Waals surface area contributed by atoms with E-state index in [1.54, 1.807) is 25.3 Å². The van der Waals surface area contributed by atoms with E-state index in [1.165, 1.54) is 13.2 Å². The van der Waals surface area contributed by atoms with Gasteiger partial charge in [0.1, 0.15) is 11.6 Å². The lowest BCUT2D eigenvalue weighted by Crippen LogP contribution is -2.20. The van der Waals surface area contributed by atoms with Gasteiger partial charge in [-0.15, -0.1) is 0 Å². The fourth-order valence-electron chi connectivity index (χ4n) is 5.07. The summed E-state index contributed by atoms with van der Waals surface area (Å²) in [6.45, 7) is 7.31. The second-order valence-corrected chi connectivity index (χ2v) is 9.24. The topological polar surface area (TPSA) is 18.5 Å². The van der Waals surface area contributed by atoms with Gasteiger partial charge in [-0.1, -0.05) is 37.4 Å². The highest BCUT2D eigenvalue weighted by Gasteiger charge is 2.29. The average molecular weight is 461 g/mol. The first-order valence-corrected chi connectivity index (χ1v) is 11.8. The monoisotopic (exact) mass is 460 g/mol. The van der Waals surface area contributed by atoms with Gasteiger partial charge < -0.3 is 9.47 Å². The summed E-state index contributed by atoms with van der Waals surface area (Å²) in [5, 5.41) is 0. The van der Waals surface area contributed by atoms with Crippen LogP contribution >= 0.6 is 0 Å². The molecule has 1 aromatic rings. The van der Waals surface area contributed by atoms with Crippen molar-refractivity contribution in [3.63, 3.8) is 0 Å². The Bertz CT molecular complexity index is 902. The summed E-state index contributed by atoms with van der Waals surface area (Å²) in [6.07, 6.45) is 11.7. The summed E-state index contributed by atoms with van der Waals surface area (Å²) in [4.78, 5) is 0. The van der Waals surface area contributed by atoms with Crippen LogP contribution in [0.5, 0.6) is 0 Å². The van der Waals surface area contributed by atoms with Gasteiger partial charge in [0.2, 0.25) is 0 Å². The largest absolute Gasteiger partial charge is 0.497 e. The van der Waals surface area contributed by atoms with Crippen molar-refractivity contribution >= 4 is 0 Å². The Hall–Kier alpha value is -2.27. The van der Waals surface area contributed by atoms with E-state index < -0.39 is 17.5 Å². The first kappa shape index (κ1) is 25.4. The molecular formula is C28H35F3O2. The molecule has 0 atom stereocenters. The van der Waals surface area contributed by atoms with Crippen molar-refractivity contribution in [3.05, 3.63) is 83.4 Å². The zero-order chi connectivity index (χ0) is 24.0. The highest BCUT2D eigenvalue weighted by Crippen LogP contribution is 2.41. The van der Waals surface area contributed by atoms with Gasteiger partial charge in [-0.3, -0.25) is 0 Å². The Morgan fingerprint density at radius 1 is 0.879 bits per heavy atom. The smallest absolute Gasteiger partial charge is 0.162 e. The number of rotatable bonds is 8. The van der Waals surface area contributed by atoms with Crippen molar-refractivity contribution in [1.82, 2.24) is 0 Å². The van der Waals surface area contributed by atoms with Crippen molar-refractivity contribution in [2.24, 2.45) is 5.92 Å². The van der Waals surface area contributed by atoms with Gasteiger partial charge in [0.25, 0.3) is 0 Å². The highest BCUT2D eigenvalue weighted by molar-refractivity contribution is 5.36. The molecule has 0 N–H and O–H groups in total. The third-order valence-electron chi connectivity index (χ3n) is 7.23. The molecule has 180 valence electrons. The molecule has 0 bridgehead atoms. The number of allylic oxidation sites excluding steroid dienone is 5. The molecule has 0 amide bonds. The Labute approximate surface area is 195 Å². The number of ether oxygens (including phenoxy) is 2. The number of benzene rings is 1. The molecule has 0 unspecified atom stereocenters. The maximum Gasteiger partial charge on any atom is 0.162 e. The van der Waals surface area contributed by atoms with E-state index in [9.17, 15) is 8.78 Å². The molecule has 2 saturated carbocycles. The maximum atomic E-state index is 15.0. The molecule has 2 aliphatic carbocycles. The lowest BCUT2D eigenvalue weighted by atomic mass is 9.77. The molecule has 0 radical (unpaired) electrons. The molecule has 2 nitrogen and oxygen atoms in total. The SMILES string of the molecule is C=C(/C=C(/F)C(=C)/C=C/C1CCC(c2ccc(C3CCC(OC)CC3)c(F)c2F)CC1)OC. The fraction of sp³-hybridized carbons (Fsp3) is 0.500. The minimum Gasteiger partial charge on any atom is -0.497 e. The molecule has 0 aromatic heterocycles. The molecule has 2 aliphatic rings. The summed E-state index contributed by atoms with van der Waals surface area (Å²) in [5.74, 6) is -1.28. The lowest BCUT2D eigenvalue weighted by Gasteiger charge is -2.30. The predicted octanol–water partition coefficient (Wildman–Crippen LogP) is 8.04. The van der Waals surface area contributed by atoms with Crippen molar-refractivity contribution in [2.75, 3.05) is 14.2 Å². The van der Waals surface area contributed by atoms with Gasteiger partial charge in [-0.25, -0.2) is 13.2 Å². The minimum atomic E-state index is -0.681. The van der Waals surface area contributed by atoms with Crippen LogP contribution in [0.4, 0.5) is 13.2 Å². The van der Waals surface area contributed by atoms with E-state index in [1.807, 2.05) is 6.08 Å². The van der Waals surface area contributed by atoms with Crippen LogP contribution in [-0.4, -0.2) is 20.3 Å². The second kappa shape index (κ2) is 11.7. The number of hydrogen-bond acceptors (Lipinski definition) is 2. The first-order valence-electron chi connectivity index (χ1n) is 11.8. The van der Waals surface area contributed by atoms with E-state index in [0.717, 1.165) is 51.4 Å². The van der Waals surface area contributed by atoms with Gasteiger partial charge in [-0.05, 0) is 80.2 Å². The molecule has 0 aliphatic heterocycles. The van der Waals surface area contributed by atoms with E-state index in [4.69, 9.17) is 9.47 Å². The van der Waals surface area contributed by atoms with Crippen molar-refractivity contribution in [2.45, 2.75) is 69.3 Å². The molecule has 1 aromatic carbocycles. The third kappa shape index (κ3) is 6.41.